The second-order valence-electron chi connectivity index (χ2n) is 6.63. The summed E-state index contributed by atoms with van der Waals surface area (Å²) in [6.07, 6.45) is 0.230. The average Bonchev–Trinajstić information content (AvgIpc) is 3.26. The SMILES string of the molecule is Cc1ccc(C)n1-c1nc(CC(=O)NCc2cc(Cl)c3c(c2)OCCO3)cs1. The molecule has 0 bridgehead atoms. The second kappa shape index (κ2) is 7.85. The van der Waals surface area contributed by atoms with Crippen LogP contribution in [-0.2, 0) is 17.8 Å². The Kier molecular flexibility index (Phi) is 5.28. The fraction of sp³-hybridized carbons (Fsp3) is 0.300. The van der Waals surface area contributed by atoms with E-state index in [0.717, 1.165) is 27.8 Å². The van der Waals surface area contributed by atoms with Crippen molar-refractivity contribution in [2.75, 3.05) is 13.2 Å². The van der Waals surface area contributed by atoms with Gasteiger partial charge in [0, 0.05) is 23.3 Å². The summed E-state index contributed by atoms with van der Waals surface area (Å²) in [5.74, 6) is 1.09. The van der Waals surface area contributed by atoms with E-state index < -0.39 is 0 Å². The summed E-state index contributed by atoms with van der Waals surface area (Å²) in [6, 6.07) is 7.75. The first-order chi connectivity index (χ1) is 13.5. The first-order valence-electron chi connectivity index (χ1n) is 8.95. The normalized spacial score (nSPS) is 12.8. The number of thiazole rings is 1. The minimum atomic E-state index is -0.0937. The van der Waals surface area contributed by atoms with Gasteiger partial charge in [-0.05, 0) is 43.7 Å². The minimum Gasteiger partial charge on any atom is -0.486 e. The smallest absolute Gasteiger partial charge is 0.226 e. The molecule has 1 aromatic carbocycles. The fourth-order valence-corrected chi connectivity index (χ4v) is 4.37. The lowest BCUT2D eigenvalue weighted by Gasteiger charge is -2.20. The van der Waals surface area contributed by atoms with E-state index in [0.29, 0.717) is 36.3 Å². The van der Waals surface area contributed by atoms with Crippen LogP contribution >= 0.6 is 22.9 Å². The molecule has 1 aliphatic rings. The lowest BCUT2D eigenvalue weighted by Crippen LogP contribution is -2.25. The van der Waals surface area contributed by atoms with Gasteiger partial charge in [-0.3, -0.25) is 9.36 Å². The maximum Gasteiger partial charge on any atom is 0.226 e. The van der Waals surface area contributed by atoms with E-state index in [9.17, 15) is 4.79 Å². The minimum absolute atomic E-state index is 0.0937. The number of hydrogen-bond acceptors (Lipinski definition) is 5. The van der Waals surface area contributed by atoms with Crippen LogP contribution < -0.4 is 14.8 Å². The number of amides is 1. The number of aryl methyl sites for hydroxylation is 2. The highest BCUT2D eigenvalue weighted by molar-refractivity contribution is 7.12. The van der Waals surface area contributed by atoms with Crippen molar-refractivity contribution in [3.05, 3.63) is 57.3 Å². The molecule has 1 amide bonds. The lowest BCUT2D eigenvalue weighted by atomic mass is 10.2. The van der Waals surface area contributed by atoms with E-state index in [1.165, 1.54) is 11.3 Å². The Morgan fingerprint density at radius 3 is 2.79 bits per heavy atom. The molecule has 0 fully saturated rings. The molecule has 2 aromatic heterocycles. The summed E-state index contributed by atoms with van der Waals surface area (Å²) in [5.41, 5.74) is 3.86. The number of nitrogens with zero attached hydrogens (tertiary/aromatic N) is 2. The molecule has 0 radical (unpaired) electrons. The van der Waals surface area contributed by atoms with Crippen molar-refractivity contribution in [1.29, 1.82) is 0 Å². The van der Waals surface area contributed by atoms with Gasteiger partial charge in [0.25, 0.3) is 0 Å². The maximum absolute atomic E-state index is 12.3. The van der Waals surface area contributed by atoms with E-state index in [1.807, 2.05) is 25.3 Å². The molecule has 3 heterocycles. The van der Waals surface area contributed by atoms with Crippen LogP contribution in [0.5, 0.6) is 11.5 Å². The highest BCUT2D eigenvalue weighted by Gasteiger charge is 2.17. The number of ether oxygens (including phenoxy) is 2. The van der Waals surface area contributed by atoms with Crippen LogP contribution in [0.2, 0.25) is 5.02 Å². The van der Waals surface area contributed by atoms with Crippen molar-refractivity contribution in [3.63, 3.8) is 0 Å². The highest BCUT2D eigenvalue weighted by atomic mass is 35.5. The largest absolute Gasteiger partial charge is 0.486 e. The van der Waals surface area contributed by atoms with Crippen LogP contribution in [0.25, 0.3) is 5.13 Å². The Morgan fingerprint density at radius 1 is 1.25 bits per heavy atom. The fourth-order valence-electron chi connectivity index (χ4n) is 3.14. The zero-order valence-corrected chi connectivity index (χ0v) is 17.2. The maximum atomic E-state index is 12.3. The first-order valence-corrected chi connectivity index (χ1v) is 10.2. The Hall–Kier alpha value is -2.51. The third-order valence-electron chi connectivity index (χ3n) is 4.49. The van der Waals surface area contributed by atoms with Crippen LogP contribution in [0, 0.1) is 13.8 Å². The number of nitrogens with one attached hydrogen (secondary N) is 1. The summed E-state index contributed by atoms with van der Waals surface area (Å²) >= 11 is 7.77. The molecule has 0 aliphatic carbocycles. The van der Waals surface area contributed by atoms with Gasteiger partial charge >= 0.3 is 0 Å². The van der Waals surface area contributed by atoms with Gasteiger partial charge in [-0.2, -0.15) is 0 Å². The summed E-state index contributed by atoms with van der Waals surface area (Å²) in [6.45, 7) is 5.42. The van der Waals surface area contributed by atoms with Crippen molar-refractivity contribution < 1.29 is 14.3 Å². The van der Waals surface area contributed by atoms with E-state index in [4.69, 9.17) is 21.1 Å². The van der Waals surface area contributed by atoms with Gasteiger partial charge in [0.2, 0.25) is 5.91 Å². The molecule has 146 valence electrons. The molecule has 0 atom stereocenters. The quantitative estimate of drug-likeness (QED) is 0.685. The van der Waals surface area contributed by atoms with Gasteiger partial charge in [0.15, 0.2) is 16.6 Å². The van der Waals surface area contributed by atoms with Gasteiger partial charge in [-0.25, -0.2) is 4.98 Å². The molecule has 0 saturated heterocycles. The van der Waals surface area contributed by atoms with E-state index in [1.54, 1.807) is 6.07 Å². The van der Waals surface area contributed by atoms with Gasteiger partial charge in [-0.1, -0.05) is 11.6 Å². The van der Waals surface area contributed by atoms with Crippen molar-refractivity contribution in [2.45, 2.75) is 26.8 Å². The lowest BCUT2D eigenvalue weighted by molar-refractivity contribution is -0.120. The first kappa shape index (κ1) is 18.8. The van der Waals surface area contributed by atoms with E-state index >= 15 is 0 Å². The van der Waals surface area contributed by atoms with Crippen LogP contribution in [0.1, 0.15) is 22.6 Å². The van der Waals surface area contributed by atoms with Crippen molar-refractivity contribution in [1.82, 2.24) is 14.9 Å². The Bertz CT molecular complexity index is 1010. The van der Waals surface area contributed by atoms with Crippen LogP contribution in [0.3, 0.4) is 0 Å². The topological polar surface area (TPSA) is 65.4 Å². The Labute approximate surface area is 172 Å². The summed E-state index contributed by atoms with van der Waals surface area (Å²) < 4.78 is 13.2. The summed E-state index contributed by atoms with van der Waals surface area (Å²) in [4.78, 5) is 17.0. The van der Waals surface area contributed by atoms with Gasteiger partial charge in [0.1, 0.15) is 13.2 Å². The van der Waals surface area contributed by atoms with Gasteiger partial charge in [0.05, 0.1) is 17.1 Å². The number of benzene rings is 1. The van der Waals surface area contributed by atoms with Crippen LogP contribution in [-0.4, -0.2) is 28.7 Å². The molecule has 0 saturated carbocycles. The predicted octanol–water partition coefficient (Wildman–Crippen LogP) is 3.83. The zero-order chi connectivity index (χ0) is 19.7. The van der Waals surface area contributed by atoms with E-state index in [-0.39, 0.29) is 12.3 Å². The number of aromatic nitrogens is 2. The second-order valence-corrected chi connectivity index (χ2v) is 7.87. The standard InChI is InChI=1S/C20H20ClN3O3S/c1-12-3-4-13(2)24(12)20-23-15(11-28-20)9-18(25)22-10-14-7-16(21)19-17(8-14)26-5-6-27-19/h3-4,7-8,11H,5-6,9-10H2,1-2H3,(H,22,25). The zero-order valence-electron chi connectivity index (χ0n) is 15.6. The molecular weight excluding hydrogens is 398 g/mol. The van der Waals surface area contributed by atoms with Crippen molar-refractivity contribution >= 4 is 28.8 Å². The molecular formula is C20H20ClN3O3S. The Balaban J connectivity index is 1.39. The number of hydrogen-bond donors (Lipinski definition) is 1. The van der Waals surface area contributed by atoms with Crippen LogP contribution in [0.4, 0.5) is 0 Å². The third kappa shape index (κ3) is 3.86. The number of halogens is 1. The summed E-state index contributed by atoms with van der Waals surface area (Å²) in [7, 11) is 0. The molecule has 0 unspecified atom stereocenters. The number of carbonyl (C=O) groups is 1. The average molecular weight is 418 g/mol. The molecule has 1 aliphatic heterocycles. The number of carbonyl (C=O) groups excluding carboxylic acids is 1. The summed E-state index contributed by atoms with van der Waals surface area (Å²) in [5, 5.41) is 6.20. The van der Waals surface area contributed by atoms with Crippen LogP contribution in [0.15, 0.2) is 29.6 Å². The third-order valence-corrected chi connectivity index (χ3v) is 5.65. The van der Waals surface area contributed by atoms with Gasteiger partial charge in [-0.15, -0.1) is 11.3 Å². The molecule has 4 rings (SSSR count). The molecule has 8 heteroatoms. The van der Waals surface area contributed by atoms with Crippen molar-refractivity contribution in [2.24, 2.45) is 0 Å². The predicted molar refractivity (Wildman–Crippen MR) is 109 cm³/mol. The van der Waals surface area contributed by atoms with E-state index in [2.05, 4.69) is 27.0 Å². The molecule has 28 heavy (non-hydrogen) atoms. The van der Waals surface area contributed by atoms with Gasteiger partial charge < -0.3 is 14.8 Å². The molecule has 1 N–H and O–H groups in total. The number of fused-ring (bicyclic) bond motifs is 1. The molecule has 0 spiro atoms. The number of rotatable bonds is 5. The van der Waals surface area contributed by atoms with Crippen molar-refractivity contribution in [3.8, 4) is 16.6 Å². The monoisotopic (exact) mass is 417 g/mol. The molecule has 6 nitrogen and oxygen atoms in total. The molecule has 3 aromatic rings. The Morgan fingerprint density at radius 2 is 2.00 bits per heavy atom. The highest BCUT2D eigenvalue weighted by Crippen LogP contribution is 2.38.